The summed E-state index contributed by atoms with van der Waals surface area (Å²) in [4.78, 5) is 38.3. The molecule has 2 aliphatic heterocycles. The number of amides is 3. The van der Waals surface area contributed by atoms with Crippen molar-refractivity contribution in [2.24, 2.45) is 0 Å². The molecule has 7 nitrogen and oxygen atoms in total. The molecule has 0 aliphatic carbocycles. The van der Waals surface area contributed by atoms with Gasteiger partial charge in [-0.2, -0.15) is 0 Å². The molecule has 2 N–H and O–H groups in total. The van der Waals surface area contributed by atoms with Crippen LogP contribution in [0.3, 0.4) is 0 Å². The summed E-state index contributed by atoms with van der Waals surface area (Å²) in [6.07, 6.45) is 0.139. The van der Waals surface area contributed by atoms with Crippen LogP contribution >= 0.6 is 23.4 Å². The fourth-order valence-electron chi connectivity index (χ4n) is 3.36. The van der Waals surface area contributed by atoms with Gasteiger partial charge in [-0.3, -0.25) is 19.8 Å². The highest BCUT2D eigenvalue weighted by Crippen LogP contribution is 2.56. The molecule has 1 fully saturated rings. The number of hydrogen-bond donors (Lipinski definition) is 2. The molecule has 0 bridgehead atoms. The first-order chi connectivity index (χ1) is 13.4. The Morgan fingerprint density at radius 1 is 1.14 bits per heavy atom. The third-order valence-electron chi connectivity index (χ3n) is 4.66. The van der Waals surface area contributed by atoms with Gasteiger partial charge in [0.2, 0.25) is 5.91 Å². The van der Waals surface area contributed by atoms with Crippen molar-refractivity contribution in [1.29, 1.82) is 0 Å². The number of anilines is 3. The van der Waals surface area contributed by atoms with Gasteiger partial charge in [-0.15, -0.1) is 0 Å². The van der Waals surface area contributed by atoms with Gasteiger partial charge in [0.25, 0.3) is 5.91 Å². The number of benzene rings is 2. The number of nitrogens with zero attached hydrogens (tertiary/aromatic N) is 1. The van der Waals surface area contributed by atoms with Crippen LogP contribution in [0.5, 0.6) is 0 Å². The minimum absolute atomic E-state index is 0.0960. The lowest BCUT2D eigenvalue weighted by atomic mass is 10.1. The SMILES string of the molecule is COC(=O)Nc1ccc(NC(=O)[C@]23CCC(=O)N2c2cc(Cl)ccc2S3)cc1. The molecule has 1 saturated heterocycles. The molecule has 2 aromatic carbocycles. The summed E-state index contributed by atoms with van der Waals surface area (Å²) in [5, 5.41) is 5.94. The van der Waals surface area contributed by atoms with Crippen LogP contribution in [0.1, 0.15) is 12.8 Å². The molecule has 3 amide bonds. The van der Waals surface area contributed by atoms with Crippen molar-refractivity contribution in [3.8, 4) is 0 Å². The molecular weight excluding hydrogens is 402 g/mol. The largest absolute Gasteiger partial charge is 0.453 e. The molecular formula is C19H16ClN3O4S. The van der Waals surface area contributed by atoms with E-state index in [9.17, 15) is 14.4 Å². The standard InChI is InChI=1S/C19H16ClN3O4S/c1-27-18(26)22-13-5-3-12(4-6-13)21-17(25)19-9-8-16(24)23(19)14-10-11(20)2-7-15(14)28-19/h2-7,10H,8-9H2,1H3,(H,21,25)(H,22,26)/t19-/m1/s1. The van der Waals surface area contributed by atoms with Crippen LogP contribution in [0.2, 0.25) is 5.02 Å². The molecule has 2 heterocycles. The third-order valence-corrected chi connectivity index (χ3v) is 6.37. The second-order valence-corrected chi connectivity index (χ2v) is 8.13. The van der Waals surface area contributed by atoms with E-state index in [1.165, 1.54) is 18.9 Å². The highest BCUT2D eigenvalue weighted by Gasteiger charge is 2.57. The van der Waals surface area contributed by atoms with Crippen molar-refractivity contribution in [1.82, 2.24) is 0 Å². The molecule has 28 heavy (non-hydrogen) atoms. The van der Waals surface area contributed by atoms with Crippen molar-refractivity contribution in [3.63, 3.8) is 0 Å². The Hall–Kier alpha value is -2.71. The molecule has 2 aliphatic rings. The summed E-state index contributed by atoms with van der Waals surface area (Å²) in [6.45, 7) is 0. The Morgan fingerprint density at radius 3 is 2.50 bits per heavy atom. The number of halogens is 1. The fraction of sp³-hybridized carbons (Fsp3) is 0.211. The van der Waals surface area contributed by atoms with E-state index in [1.54, 1.807) is 41.3 Å². The van der Waals surface area contributed by atoms with Gasteiger partial charge in [-0.05, 0) is 48.9 Å². The van der Waals surface area contributed by atoms with E-state index in [2.05, 4.69) is 15.4 Å². The number of rotatable bonds is 3. The number of hydrogen-bond acceptors (Lipinski definition) is 5. The predicted molar refractivity (Wildman–Crippen MR) is 108 cm³/mol. The average Bonchev–Trinajstić information content (AvgIpc) is 3.19. The van der Waals surface area contributed by atoms with Crippen LogP contribution in [0.15, 0.2) is 47.4 Å². The van der Waals surface area contributed by atoms with Crippen LogP contribution in [-0.2, 0) is 14.3 Å². The maximum absolute atomic E-state index is 13.2. The zero-order valence-electron chi connectivity index (χ0n) is 14.8. The number of nitrogens with one attached hydrogen (secondary N) is 2. The highest BCUT2D eigenvalue weighted by atomic mass is 35.5. The summed E-state index contributed by atoms with van der Waals surface area (Å²) in [6, 6.07) is 11.9. The fourth-order valence-corrected chi connectivity index (χ4v) is 4.92. The lowest BCUT2D eigenvalue weighted by Gasteiger charge is -2.29. The maximum atomic E-state index is 13.2. The topological polar surface area (TPSA) is 87.7 Å². The third kappa shape index (κ3) is 3.08. The Balaban J connectivity index is 1.56. The van der Waals surface area contributed by atoms with Gasteiger partial charge in [-0.25, -0.2) is 4.79 Å². The minimum atomic E-state index is -1.02. The van der Waals surface area contributed by atoms with E-state index in [0.29, 0.717) is 34.9 Å². The molecule has 0 saturated carbocycles. The van der Waals surface area contributed by atoms with Gasteiger partial charge in [-0.1, -0.05) is 23.4 Å². The van der Waals surface area contributed by atoms with E-state index in [0.717, 1.165) is 4.90 Å². The quantitative estimate of drug-likeness (QED) is 0.785. The smallest absolute Gasteiger partial charge is 0.411 e. The Kier molecular flexibility index (Phi) is 4.68. The number of fused-ring (bicyclic) bond motifs is 3. The number of methoxy groups -OCH3 is 1. The Morgan fingerprint density at radius 2 is 1.82 bits per heavy atom. The summed E-state index contributed by atoms with van der Waals surface area (Å²) in [5.41, 5.74) is 1.77. The molecule has 9 heteroatoms. The normalized spacial score (nSPS) is 19.8. The minimum Gasteiger partial charge on any atom is -0.453 e. The van der Waals surface area contributed by atoms with Crippen molar-refractivity contribution in [3.05, 3.63) is 47.5 Å². The summed E-state index contributed by atoms with van der Waals surface area (Å²) in [5.74, 6) is -0.370. The Bertz CT molecular complexity index is 982. The predicted octanol–water partition coefficient (Wildman–Crippen LogP) is 4.09. The van der Waals surface area contributed by atoms with Gasteiger partial charge >= 0.3 is 6.09 Å². The van der Waals surface area contributed by atoms with Crippen LogP contribution in [0.25, 0.3) is 0 Å². The van der Waals surface area contributed by atoms with Crippen LogP contribution in [0, 0.1) is 0 Å². The van der Waals surface area contributed by atoms with Crippen LogP contribution < -0.4 is 15.5 Å². The Labute approximate surface area is 170 Å². The molecule has 1 atom stereocenters. The van der Waals surface area contributed by atoms with Gasteiger partial charge in [0.1, 0.15) is 0 Å². The summed E-state index contributed by atoms with van der Waals surface area (Å²) in [7, 11) is 1.28. The van der Waals surface area contributed by atoms with Gasteiger partial charge in [0.05, 0.1) is 12.8 Å². The lowest BCUT2D eigenvalue weighted by Crippen LogP contribution is -2.49. The van der Waals surface area contributed by atoms with Gasteiger partial charge in [0, 0.05) is 27.7 Å². The monoisotopic (exact) mass is 417 g/mol. The lowest BCUT2D eigenvalue weighted by molar-refractivity contribution is -0.121. The second-order valence-electron chi connectivity index (χ2n) is 6.38. The maximum Gasteiger partial charge on any atom is 0.411 e. The van der Waals surface area contributed by atoms with E-state index in [-0.39, 0.29) is 11.8 Å². The van der Waals surface area contributed by atoms with Crippen molar-refractivity contribution < 1.29 is 19.1 Å². The molecule has 0 radical (unpaired) electrons. The molecule has 0 aromatic heterocycles. The number of ether oxygens (including phenoxy) is 1. The van der Waals surface area contributed by atoms with Crippen LogP contribution in [0.4, 0.5) is 21.9 Å². The van der Waals surface area contributed by atoms with E-state index >= 15 is 0 Å². The highest BCUT2D eigenvalue weighted by molar-refractivity contribution is 8.02. The summed E-state index contributed by atoms with van der Waals surface area (Å²) < 4.78 is 4.54. The zero-order valence-corrected chi connectivity index (χ0v) is 16.4. The van der Waals surface area contributed by atoms with Crippen LogP contribution in [-0.4, -0.2) is 29.9 Å². The molecule has 0 unspecified atom stereocenters. The van der Waals surface area contributed by atoms with E-state index in [1.807, 2.05) is 6.07 Å². The number of carbonyl (C=O) groups is 3. The summed E-state index contributed by atoms with van der Waals surface area (Å²) >= 11 is 7.46. The molecule has 144 valence electrons. The van der Waals surface area contributed by atoms with Crippen molar-refractivity contribution >= 4 is 58.3 Å². The first-order valence-electron chi connectivity index (χ1n) is 8.51. The molecule has 2 aromatic rings. The number of thioether (sulfide) groups is 1. The van der Waals surface area contributed by atoms with E-state index in [4.69, 9.17) is 11.6 Å². The zero-order chi connectivity index (χ0) is 19.9. The molecule has 0 spiro atoms. The first kappa shape index (κ1) is 18.6. The average molecular weight is 418 g/mol. The number of carbonyl (C=O) groups excluding carboxylic acids is 3. The first-order valence-corrected chi connectivity index (χ1v) is 9.70. The van der Waals surface area contributed by atoms with Crippen molar-refractivity contribution in [2.75, 3.05) is 22.6 Å². The molecule has 4 rings (SSSR count). The van der Waals surface area contributed by atoms with Gasteiger partial charge < -0.3 is 10.1 Å². The van der Waals surface area contributed by atoms with E-state index < -0.39 is 11.0 Å². The van der Waals surface area contributed by atoms with Gasteiger partial charge in [0.15, 0.2) is 4.87 Å². The second kappa shape index (κ2) is 7.03. The van der Waals surface area contributed by atoms with Crippen molar-refractivity contribution in [2.45, 2.75) is 22.6 Å².